The lowest BCUT2D eigenvalue weighted by molar-refractivity contribution is -0.140. The van der Waals surface area contributed by atoms with Gasteiger partial charge >= 0.3 is 5.97 Å². The van der Waals surface area contributed by atoms with E-state index in [0.29, 0.717) is 11.3 Å². The molecule has 0 bridgehead atoms. The van der Waals surface area contributed by atoms with Crippen LogP contribution in [0.5, 0.6) is 0 Å². The van der Waals surface area contributed by atoms with Crippen molar-refractivity contribution < 1.29 is 14.3 Å². The number of rotatable bonds is 2. The van der Waals surface area contributed by atoms with Crippen LogP contribution in [0.15, 0.2) is 58.8 Å². The number of carbonyl (C=O) groups is 2. The summed E-state index contributed by atoms with van der Waals surface area (Å²) in [5.74, 6) is -0.817. The van der Waals surface area contributed by atoms with E-state index >= 15 is 0 Å². The van der Waals surface area contributed by atoms with E-state index in [4.69, 9.17) is 4.74 Å². The van der Waals surface area contributed by atoms with Crippen molar-refractivity contribution in [3.05, 3.63) is 70.5 Å². The van der Waals surface area contributed by atoms with Gasteiger partial charge in [0.2, 0.25) is 0 Å². The number of fused-ring (bicyclic) bond motifs is 1. The summed E-state index contributed by atoms with van der Waals surface area (Å²) in [6, 6.07) is 5.65. The first-order valence-electron chi connectivity index (χ1n) is 7.43. The number of hydrogen-bond acceptors (Lipinski definition) is 4. The molecule has 1 heterocycles. The lowest BCUT2D eigenvalue weighted by Gasteiger charge is -2.22. The molecular weight excluding hydrogens is 290 g/mol. The number of ether oxygens (including phenoxy) is 1. The number of benzene rings is 1. The zero-order chi connectivity index (χ0) is 16.6. The maximum absolute atomic E-state index is 12.5. The van der Waals surface area contributed by atoms with E-state index in [1.165, 1.54) is 6.08 Å². The normalized spacial score (nSPS) is 21.4. The summed E-state index contributed by atoms with van der Waals surface area (Å²) in [4.78, 5) is 28.8. The molecular formula is C19H17NO3. The number of ketones is 1. The van der Waals surface area contributed by atoms with E-state index < -0.39 is 12.1 Å². The van der Waals surface area contributed by atoms with Crippen molar-refractivity contribution in [3.63, 3.8) is 0 Å². The molecule has 0 saturated carbocycles. The number of aliphatic imine (C=N–C) groups is 1. The lowest BCUT2D eigenvalue weighted by Crippen LogP contribution is -2.31. The molecule has 0 amide bonds. The highest BCUT2D eigenvalue weighted by Crippen LogP contribution is 2.21. The van der Waals surface area contributed by atoms with Gasteiger partial charge in [0.05, 0.1) is 5.71 Å². The second kappa shape index (κ2) is 5.80. The fourth-order valence-corrected chi connectivity index (χ4v) is 2.55. The Morgan fingerprint density at radius 3 is 2.83 bits per heavy atom. The first-order chi connectivity index (χ1) is 10.9. The van der Waals surface area contributed by atoms with Crippen LogP contribution in [-0.2, 0) is 9.53 Å². The van der Waals surface area contributed by atoms with Crippen molar-refractivity contribution in [2.45, 2.75) is 26.9 Å². The molecule has 4 nitrogen and oxygen atoms in total. The first-order valence-corrected chi connectivity index (χ1v) is 7.43. The summed E-state index contributed by atoms with van der Waals surface area (Å²) < 4.78 is 5.32. The van der Waals surface area contributed by atoms with E-state index in [1.807, 2.05) is 51.1 Å². The molecule has 1 atom stereocenters. The number of carbonyl (C=O) groups excluding carboxylic acids is 2. The van der Waals surface area contributed by atoms with Gasteiger partial charge in [0.25, 0.3) is 0 Å². The van der Waals surface area contributed by atoms with Gasteiger partial charge in [0, 0.05) is 11.6 Å². The Labute approximate surface area is 134 Å². The highest BCUT2D eigenvalue weighted by molar-refractivity contribution is 6.13. The molecule has 0 fully saturated rings. The van der Waals surface area contributed by atoms with Crippen molar-refractivity contribution >= 4 is 17.5 Å². The average Bonchev–Trinajstić information content (AvgIpc) is 2.50. The van der Waals surface area contributed by atoms with E-state index in [9.17, 15) is 9.59 Å². The second-order valence-electron chi connectivity index (χ2n) is 5.82. The Balaban J connectivity index is 1.97. The molecule has 116 valence electrons. The lowest BCUT2D eigenvalue weighted by atomic mass is 10.0. The monoisotopic (exact) mass is 307 g/mol. The van der Waals surface area contributed by atoms with Crippen LogP contribution in [0.1, 0.15) is 28.4 Å². The molecule has 2 aliphatic rings. The van der Waals surface area contributed by atoms with Gasteiger partial charge in [0.15, 0.2) is 17.6 Å². The molecule has 23 heavy (non-hydrogen) atoms. The Bertz CT molecular complexity index is 825. The largest absolute Gasteiger partial charge is 0.447 e. The molecule has 4 heteroatoms. The van der Waals surface area contributed by atoms with Crippen LogP contribution in [0.3, 0.4) is 0 Å². The summed E-state index contributed by atoms with van der Waals surface area (Å²) in [5, 5.41) is 0. The minimum Gasteiger partial charge on any atom is -0.447 e. The third-order valence-corrected chi connectivity index (χ3v) is 3.82. The second-order valence-corrected chi connectivity index (χ2v) is 5.82. The molecule has 1 aliphatic heterocycles. The Morgan fingerprint density at radius 1 is 1.26 bits per heavy atom. The third-order valence-electron chi connectivity index (χ3n) is 3.82. The molecule has 0 aromatic heterocycles. The number of nitrogens with zero attached hydrogens (tertiary/aromatic N) is 1. The SMILES string of the molecule is CC1=CC2=N/C(=C\C(=O)c3cc(C)ccc3C)C(=O)OC2C=C1. The summed E-state index contributed by atoms with van der Waals surface area (Å²) in [7, 11) is 0. The van der Waals surface area contributed by atoms with Gasteiger partial charge in [0.1, 0.15) is 0 Å². The van der Waals surface area contributed by atoms with E-state index in [0.717, 1.165) is 16.7 Å². The molecule has 1 aromatic rings. The third kappa shape index (κ3) is 3.06. The molecule has 1 aliphatic carbocycles. The maximum atomic E-state index is 12.5. The molecule has 0 saturated heterocycles. The minimum absolute atomic E-state index is 0.0431. The van der Waals surface area contributed by atoms with Crippen LogP contribution in [-0.4, -0.2) is 23.6 Å². The number of aryl methyl sites for hydroxylation is 2. The Morgan fingerprint density at radius 2 is 2.04 bits per heavy atom. The van der Waals surface area contributed by atoms with E-state index in [2.05, 4.69) is 4.99 Å². The summed E-state index contributed by atoms with van der Waals surface area (Å²) in [5.41, 5.74) is 4.14. The van der Waals surface area contributed by atoms with Crippen molar-refractivity contribution in [1.29, 1.82) is 0 Å². The van der Waals surface area contributed by atoms with Gasteiger partial charge in [-0.05, 0) is 50.1 Å². The van der Waals surface area contributed by atoms with Gasteiger partial charge in [-0.25, -0.2) is 9.79 Å². The summed E-state index contributed by atoms with van der Waals surface area (Å²) >= 11 is 0. The van der Waals surface area contributed by atoms with Crippen molar-refractivity contribution in [1.82, 2.24) is 0 Å². The summed E-state index contributed by atoms with van der Waals surface area (Å²) in [6.45, 7) is 5.73. The first kappa shape index (κ1) is 15.2. The van der Waals surface area contributed by atoms with Crippen LogP contribution in [0.2, 0.25) is 0 Å². The molecule has 0 spiro atoms. The van der Waals surface area contributed by atoms with Crippen molar-refractivity contribution in [3.8, 4) is 0 Å². The number of esters is 1. The number of allylic oxidation sites excluding steroid dienone is 3. The zero-order valence-electron chi connectivity index (χ0n) is 13.3. The molecule has 0 N–H and O–H groups in total. The highest BCUT2D eigenvalue weighted by Gasteiger charge is 2.28. The standard InChI is InChI=1S/C19H17NO3/c1-11-4-6-13(3)14(8-11)17(21)10-16-19(22)23-18-7-5-12(2)9-15(18)20-16/h4-10,18H,1-3H3/b16-10-. The van der Waals surface area contributed by atoms with Crippen LogP contribution < -0.4 is 0 Å². The molecule has 0 radical (unpaired) electrons. The molecule has 3 rings (SSSR count). The zero-order valence-corrected chi connectivity index (χ0v) is 13.3. The van der Waals surface area contributed by atoms with E-state index in [1.54, 1.807) is 6.08 Å². The van der Waals surface area contributed by atoms with Crippen molar-refractivity contribution in [2.24, 2.45) is 4.99 Å². The fourth-order valence-electron chi connectivity index (χ4n) is 2.55. The van der Waals surface area contributed by atoms with Gasteiger partial charge in [-0.3, -0.25) is 4.79 Å². The average molecular weight is 307 g/mol. The van der Waals surface area contributed by atoms with Crippen LogP contribution in [0.25, 0.3) is 0 Å². The smallest absolute Gasteiger partial charge is 0.358 e. The van der Waals surface area contributed by atoms with Gasteiger partial charge in [-0.1, -0.05) is 23.8 Å². The van der Waals surface area contributed by atoms with Gasteiger partial charge in [-0.15, -0.1) is 0 Å². The predicted octanol–water partition coefficient (Wildman–Crippen LogP) is 3.25. The van der Waals surface area contributed by atoms with Crippen LogP contribution in [0.4, 0.5) is 0 Å². The topological polar surface area (TPSA) is 55.7 Å². The van der Waals surface area contributed by atoms with Crippen LogP contribution >= 0.6 is 0 Å². The predicted molar refractivity (Wildman–Crippen MR) is 88.5 cm³/mol. The fraction of sp³-hybridized carbons (Fsp3) is 0.211. The quantitative estimate of drug-likeness (QED) is 0.479. The van der Waals surface area contributed by atoms with Gasteiger partial charge < -0.3 is 4.74 Å². The minimum atomic E-state index is -0.574. The van der Waals surface area contributed by atoms with Crippen molar-refractivity contribution in [2.75, 3.05) is 0 Å². The Kier molecular flexibility index (Phi) is 3.82. The highest BCUT2D eigenvalue weighted by atomic mass is 16.5. The molecule has 1 unspecified atom stereocenters. The maximum Gasteiger partial charge on any atom is 0.358 e. The van der Waals surface area contributed by atoms with Gasteiger partial charge in [-0.2, -0.15) is 0 Å². The Hall–Kier alpha value is -2.75. The number of hydrogen-bond donors (Lipinski definition) is 0. The van der Waals surface area contributed by atoms with Crippen LogP contribution in [0, 0.1) is 13.8 Å². The summed E-state index contributed by atoms with van der Waals surface area (Å²) in [6.07, 6.45) is 6.32. The van der Waals surface area contributed by atoms with E-state index in [-0.39, 0.29) is 11.5 Å². The molecule has 1 aromatic carbocycles.